The molecule has 1 saturated carbocycles. The van der Waals surface area contributed by atoms with E-state index in [0.29, 0.717) is 17.5 Å². The highest BCUT2D eigenvalue weighted by atomic mass is 16.5. The van der Waals surface area contributed by atoms with Crippen LogP contribution in [0.15, 0.2) is 30.3 Å². The van der Waals surface area contributed by atoms with Gasteiger partial charge in [-0.05, 0) is 62.9 Å². The number of anilines is 1. The molecule has 1 aromatic heterocycles. The maximum absolute atomic E-state index is 11.2. The zero-order valence-electron chi connectivity index (χ0n) is 14.5. The van der Waals surface area contributed by atoms with E-state index in [1.165, 1.54) is 25.7 Å². The summed E-state index contributed by atoms with van der Waals surface area (Å²) in [6, 6.07) is 9.37. The summed E-state index contributed by atoms with van der Waals surface area (Å²) < 4.78 is 6.10. The molecule has 3 N–H and O–H groups in total. The van der Waals surface area contributed by atoms with Crippen molar-refractivity contribution in [2.75, 3.05) is 5.73 Å². The smallest absolute Gasteiger partial charge is 0.339 e. The summed E-state index contributed by atoms with van der Waals surface area (Å²) in [5.41, 5.74) is 8.15. The number of carboxylic acid groups (broad SMARTS) is 1. The number of carboxylic acids is 1. The highest BCUT2D eigenvalue weighted by Gasteiger charge is 2.16. The average Bonchev–Trinajstić information content (AvgIpc) is 2.83. The normalized spacial score (nSPS) is 15.6. The molecule has 0 bridgehead atoms. The number of aromatic nitrogens is 1. The molecule has 0 atom stereocenters. The van der Waals surface area contributed by atoms with Gasteiger partial charge in [-0.2, -0.15) is 0 Å². The first-order valence-corrected chi connectivity index (χ1v) is 8.82. The zero-order valence-corrected chi connectivity index (χ0v) is 14.5. The van der Waals surface area contributed by atoms with Gasteiger partial charge in [-0.1, -0.05) is 12.8 Å². The Labute approximate surface area is 147 Å². The first-order valence-electron chi connectivity index (χ1n) is 8.82. The molecule has 0 unspecified atom stereocenters. The molecular weight excluding hydrogens is 316 g/mol. The van der Waals surface area contributed by atoms with E-state index < -0.39 is 5.97 Å². The molecule has 0 spiro atoms. The number of nitrogen functional groups attached to an aromatic ring is 1. The van der Waals surface area contributed by atoms with E-state index in [9.17, 15) is 9.90 Å². The summed E-state index contributed by atoms with van der Waals surface area (Å²) in [5.74, 6) is -0.191. The maximum atomic E-state index is 11.2. The van der Waals surface area contributed by atoms with E-state index in [4.69, 9.17) is 10.5 Å². The van der Waals surface area contributed by atoms with Crippen molar-refractivity contribution in [3.05, 3.63) is 41.6 Å². The number of aromatic carboxylic acids is 1. The van der Waals surface area contributed by atoms with E-state index in [2.05, 4.69) is 4.98 Å². The van der Waals surface area contributed by atoms with Gasteiger partial charge in [0.25, 0.3) is 0 Å². The van der Waals surface area contributed by atoms with Crippen molar-refractivity contribution in [3.8, 4) is 17.0 Å². The summed E-state index contributed by atoms with van der Waals surface area (Å²) in [6.45, 7) is 1.66. The lowest BCUT2D eigenvalue weighted by Crippen LogP contribution is -2.14. The van der Waals surface area contributed by atoms with Gasteiger partial charge in [0.2, 0.25) is 0 Å². The number of ether oxygens (including phenoxy) is 1. The van der Waals surface area contributed by atoms with Crippen LogP contribution >= 0.6 is 0 Å². The fourth-order valence-electron chi connectivity index (χ4n) is 3.38. The number of nitrogens with zero attached hydrogens (tertiary/aromatic N) is 1. The van der Waals surface area contributed by atoms with Crippen molar-refractivity contribution >= 4 is 11.7 Å². The third kappa shape index (κ3) is 4.10. The van der Waals surface area contributed by atoms with Gasteiger partial charge in [0.05, 0.1) is 23.2 Å². The van der Waals surface area contributed by atoms with Crippen LogP contribution in [-0.2, 0) is 0 Å². The van der Waals surface area contributed by atoms with Crippen LogP contribution in [0.25, 0.3) is 11.3 Å². The standard InChI is InChI=1S/C20H24N2O3/c1-13-19(20(23)24)17(21)12-18(22-13)14-8-10-16(11-9-14)25-15-6-4-2-3-5-7-15/h8-12,15H,2-7H2,1H3,(H2,21,22)(H,23,24). The van der Waals surface area contributed by atoms with Crippen molar-refractivity contribution in [1.29, 1.82) is 0 Å². The second-order valence-corrected chi connectivity index (χ2v) is 6.62. The maximum Gasteiger partial charge on any atom is 0.339 e. The molecule has 1 aromatic carbocycles. The van der Waals surface area contributed by atoms with E-state index in [1.54, 1.807) is 13.0 Å². The van der Waals surface area contributed by atoms with Crippen LogP contribution in [0.4, 0.5) is 5.69 Å². The molecule has 1 fully saturated rings. The minimum Gasteiger partial charge on any atom is -0.490 e. The van der Waals surface area contributed by atoms with Crippen molar-refractivity contribution in [3.63, 3.8) is 0 Å². The summed E-state index contributed by atoms with van der Waals surface area (Å²) in [7, 11) is 0. The largest absolute Gasteiger partial charge is 0.490 e. The molecule has 132 valence electrons. The van der Waals surface area contributed by atoms with Gasteiger partial charge in [-0.3, -0.25) is 4.98 Å². The van der Waals surface area contributed by atoms with Gasteiger partial charge in [-0.25, -0.2) is 4.79 Å². The van der Waals surface area contributed by atoms with Gasteiger partial charge in [0, 0.05) is 5.56 Å². The number of pyridine rings is 1. The monoisotopic (exact) mass is 340 g/mol. The highest BCUT2D eigenvalue weighted by molar-refractivity contribution is 5.95. The van der Waals surface area contributed by atoms with Crippen molar-refractivity contribution in [2.24, 2.45) is 0 Å². The molecule has 1 aliphatic carbocycles. The average molecular weight is 340 g/mol. The highest BCUT2D eigenvalue weighted by Crippen LogP contribution is 2.27. The Balaban J connectivity index is 1.77. The molecule has 0 aliphatic heterocycles. The molecule has 0 amide bonds. The van der Waals surface area contributed by atoms with Crippen LogP contribution in [0.2, 0.25) is 0 Å². The van der Waals surface area contributed by atoms with Crippen LogP contribution in [0.5, 0.6) is 5.75 Å². The lowest BCUT2D eigenvalue weighted by atomic mass is 10.1. The molecule has 0 saturated heterocycles. The van der Waals surface area contributed by atoms with Gasteiger partial charge in [-0.15, -0.1) is 0 Å². The lowest BCUT2D eigenvalue weighted by Gasteiger charge is -2.17. The SMILES string of the molecule is Cc1nc(-c2ccc(OC3CCCCCC3)cc2)cc(N)c1C(=O)O. The molecule has 1 aliphatic rings. The van der Waals surface area contributed by atoms with E-state index in [-0.39, 0.29) is 11.3 Å². The van der Waals surface area contributed by atoms with Crippen LogP contribution in [-0.4, -0.2) is 22.2 Å². The fraction of sp³-hybridized carbons (Fsp3) is 0.400. The van der Waals surface area contributed by atoms with E-state index in [1.807, 2.05) is 24.3 Å². The first-order chi connectivity index (χ1) is 12.0. The molecule has 2 aromatic rings. The van der Waals surface area contributed by atoms with Crippen molar-refractivity contribution < 1.29 is 14.6 Å². The van der Waals surface area contributed by atoms with Crippen molar-refractivity contribution in [1.82, 2.24) is 4.98 Å². The second kappa shape index (κ2) is 7.55. The minimum atomic E-state index is -1.05. The molecule has 0 radical (unpaired) electrons. The number of rotatable bonds is 4. The summed E-state index contributed by atoms with van der Waals surface area (Å²) in [6.07, 6.45) is 7.63. The second-order valence-electron chi connectivity index (χ2n) is 6.62. The number of carbonyl (C=O) groups is 1. The molecule has 5 heteroatoms. The predicted octanol–water partition coefficient (Wildman–Crippen LogP) is 4.44. The first kappa shape index (κ1) is 17.3. The minimum absolute atomic E-state index is 0.0667. The lowest BCUT2D eigenvalue weighted by molar-refractivity contribution is 0.0697. The van der Waals surface area contributed by atoms with Crippen LogP contribution in [0.1, 0.15) is 54.6 Å². The van der Waals surface area contributed by atoms with E-state index >= 15 is 0 Å². The molecule has 5 nitrogen and oxygen atoms in total. The van der Waals surface area contributed by atoms with Crippen LogP contribution in [0.3, 0.4) is 0 Å². The number of aryl methyl sites for hydroxylation is 1. The zero-order chi connectivity index (χ0) is 17.8. The number of hydrogen-bond donors (Lipinski definition) is 2. The molecule has 25 heavy (non-hydrogen) atoms. The van der Waals surface area contributed by atoms with Crippen LogP contribution < -0.4 is 10.5 Å². The Morgan fingerprint density at radius 1 is 1.16 bits per heavy atom. The number of benzene rings is 1. The predicted molar refractivity (Wildman–Crippen MR) is 97.9 cm³/mol. The van der Waals surface area contributed by atoms with Gasteiger partial charge >= 0.3 is 5.97 Å². The van der Waals surface area contributed by atoms with Crippen LogP contribution in [0, 0.1) is 6.92 Å². The van der Waals surface area contributed by atoms with Gasteiger partial charge in [0.1, 0.15) is 11.3 Å². The van der Waals surface area contributed by atoms with Gasteiger partial charge < -0.3 is 15.6 Å². The fourth-order valence-corrected chi connectivity index (χ4v) is 3.38. The molecular formula is C20H24N2O3. The van der Waals surface area contributed by atoms with E-state index in [0.717, 1.165) is 24.2 Å². The Bertz CT molecular complexity index is 725. The summed E-state index contributed by atoms with van der Waals surface area (Å²) >= 11 is 0. The Kier molecular flexibility index (Phi) is 5.22. The van der Waals surface area contributed by atoms with Crippen molar-refractivity contribution in [2.45, 2.75) is 51.6 Å². The Morgan fingerprint density at radius 3 is 2.36 bits per heavy atom. The quantitative estimate of drug-likeness (QED) is 0.804. The topological polar surface area (TPSA) is 85.4 Å². The Morgan fingerprint density at radius 2 is 1.80 bits per heavy atom. The number of hydrogen-bond acceptors (Lipinski definition) is 4. The summed E-state index contributed by atoms with van der Waals surface area (Å²) in [5, 5.41) is 9.18. The van der Waals surface area contributed by atoms with Gasteiger partial charge in [0.15, 0.2) is 0 Å². The number of nitrogens with two attached hydrogens (primary N) is 1. The summed E-state index contributed by atoms with van der Waals surface area (Å²) in [4.78, 5) is 15.6. The third-order valence-corrected chi connectivity index (χ3v) is 4.70. The molecule has 1 heterocycles. The third-order valence-electron chi connectivity index (χ3n) is 4.70. The molecule has 3 rings (SSSR count). The Hall–Kier alpha value is -2.56.